The SMILES string of the molecule is CCCC1CCNc2cnc3ccccc3c2N1. The molecule has 2 N–H and O–H groups in total. The van der Waals surface area contributed by atoms with Crippen molar-refractivity contribution in [3.8, 4) is 0 Å². The molecule has 0 amide bonds. The predicted molar refractivity (Wildman–Crippen MR) is 77.2 cm³/mol. The maximum Gasteiger partial charge on any atom is 0.0769 e. The van der Waals surface area contributed by atoms with Gasteiger partial charge in [-0.15, -0.1) is 0 Å². The summed E-state index contributed by atoms with van der Waals surface area (Å²) in [5.74, 6) is 0. The molecule has 0 saturated heterocycles. The van der Waals surface area contributed by atoms with E-state index >= 15 is 0 Å². The largest absolute Gasteiger partial charge is 0.382 e. The van der Waals surface area contributed by atoms with Gasteiger partial charge in [-0.05, 0) is 18.9 Å². The smallest absolute Gasteiger partial charge is 0.0769 e. The van der Waals surface area contributed by atoms with Gasteiger partial charge in [0.1, 0.15) is 0 Å². The first-order valence-corrected chi connectivity index (χ1v) is 6.76. The van der Waals surface area contributed by atoms with Crippen LogP contribution in [0.1, 0.15) is 26.2 Å². The van der Waals surface area contributed by atoms with Crippen LogP contribution in [0.15, 0.2) is 30.5 Å². The number of hydrogen-bond acceptors (Lipinski definition) is 3. The van der Waals surface area contributed by atoms with Crippen molar-refractivity contribution in [2.45, 2.75) is 32.2 Å². The Hall–Kier alpha value is -1.77. The molecular weight excluding hydrogens is 222 g/mol. The number of nitrogens with one attached hydrogen (secondary N) is 2. The highest BCUT2D eigenvalue weighted by Crippen LogP contribution is 2.32. The predicted octanol–water partition coefficient (Wildman–Crippen LogP) is 3.63. The van der Waals surface area contributed by atoms with Crippen molar-refractivity contribution in [3.05, 3.63) is 30.5 Å². The first-order valence-electron chi connectivity index (χ1n) is 6.76. The molecular formula is C15H19N3. The summed E-state index contributed by atoms with van der Waals surface area (Å²) >= 11 is 0. The number of para-hydroxylation sites is 1. The van der Waals surface area contributed by atoms with Crippen molar-refractivity contribution >= 4 is 22.3 Å². The molecule has 0 saturated carbocycles. The van der Waals surface area contributed by atoms with Crippen LogP contribution in [-0.2, 0) is 0 Å². The molecule has 1 aliphatic rings. The zero-order valence-electron chi connectivity index (χ0n) is 10.7. The van der Waals surface area contributed by atoms with Gasteiger partial charge in [0.2, 0.25) is 0 Å². The number of aromatic nitrogens is 1. The Morgan fingerprint density at radius 3 is 3.11 bits per heavy atom. The van der Waals surface area contributed by atoms with E-state index in [1.54, 1.807) is 0 Å². The highest BCUT2D eigenvalue weighted by atomic mass is 15.0. The zero-order valence-corrected chi connectivity index (χ0v) is 10.7. The second-order valence-corrected chi connectivity index (χ2v) is 4.91. The number of fused-ring (bicyclic) bond motifs is 3. The maximum atomic E-state index is 4.50. The Morgan fingerprint density at radius 1 is 1.33 bits per heavy atom. The third-order valence-electron chi connectivity index (χ3n) is 3.57. The van der Waals surface area contributed by atoms with Gasteiger partial charge in [-0.3, -0.25) is 4.98 Å². The van der Waals surface area contributed by atoms with Crippen molar-refractivity contribution in [1.82, 2.24) is 4.98 Å². The van der Waals surface area contributed by atoms with Crippen molar-refractivity contribution in [3.63, 3.8) is 0 Å². The van der Waals surface area contributed by atoms with Crippen molar-refractivity contribution in [2.75, 3.05) is 17.2 Å². The molecule has 3 rings (SSSR count). The summed E-state index contributed by atoms with van der Waals surface area (Å²) in [4.78, 5) is 4.50. The number of anilines is 2. The molecule has 0 fully saturated rings. The Labute approximate surface area is 108 Å². The number of nitrogens with zero attached hydrogens (tertiary/aromatic N) is 1. The van der Waals surface area contributed by atoms with Gasteiger partial charge in [-0.2, -0.15) is 0 Å². The summed E-state index contributed by atoms with van der Waals surface area (Å²) in [6, 6.07) is 8.89. The lowest BCUT2D eigenvalue weighted by Gasteiger charge is -2.17. The maximum absolute atomic E-state index is 4.50. The summed E-state index contributed by atoms with van der Waals surface area (Å²) in [6.07, 6.45) is 5.55. The molecule has 0 spiro atoms. The fraction of sp³-hybridized carbons (Fsp3) is 0.400. The Balaban J connectivity index is 2.07. The van der Waals surface area contributed by atoms with Crippen LogP contribution in [0, 0.1) is 0 Å². The molecule has 1 atom stereocenters. The summed E-state index contributed by atoms with van der Waals surface area (Å²) < 4.78 is 0. The summed E-state index contributed by atoms with van der Waals surface area (Å²) in [5, 5.41) is 8.39. The van der Waals surface area contributed by atoms with Crippen molar-refractivity contribution in [1.29, 1.82) is 0 Å². The van der Waals surface area contributed by atoms with E-state index in [0.29, 0.717) is 6.04 Å². The lowest BCUT2D eigenvalue weighted by atomic mass is 10.1. The van der Waals surface area contributed by atoms with Crippen LogP contribution in [0.2, 0.25) is 0 Å². The molecule has 0 bridgehead atoms. The molecule has 1 aromatic carbocycles. The van der Waals surface area contributed by atoms with Crippen LogP contribution < -0.4 is 10.6 Å². The number of hydrogen-bond donors (Lipinski definition) is 2. The highest BCUT2D eigenvalue weighted by Gasteiger charge is 2.17. The lowest BCUT2D eigenvalue weighted by Crippen LogP contribution is -2.19. The second kappa shape index (κ2) is 4.84. The first-order chi connectivity index (χ1) is 8.88. The molecule has 2 heterocycles. The van der Waals surface area contributed by atoms with E-state index in [-0.39, 0.29) is 0 Å². The lowest BCUT2D eigenvalue weighted by molar-refractivity contribution is 0.616. The topological polar surface area (TPSA) is 37.0 Å². The average molecular weight is 241 g/mol. The van der Waals surface area contributed by atoms with Gasteiger partial charge in [0.15, 0.2) is 0 Å². The molecule has 3 nitrogen and oxygen atoms in total. The van der Waals surface area contributed by atoms with Gasteiger partial charge in [0.05, 0.1) is 23.1 Å². The first kappa shape index (κ1) is 11.3. The fourth-order valence-electron chi connectivity index (χ4n) is 2.65. The number of benzene rings is 1. The van der Waals surface area contributed by atoms with Gasteiger partial charge in [0.25, 0.3) is 0 Å². The van der Waals surface area contributed by atoms with E-state index in [9.17, 15) is 0 Å². The van der Waals surface area contributed by atoms with E-state index < -0.39 is 0 Å². The minimum Gasteiger partial charge on any atom is -0.382 e. The summed E-state index contributed by atoms with van der Waals surface area (Å²) in [5.41, 5.74) is 3.41. The molecule has 0 aliphatic carbocycles. The van der Waals surface area contributed by atoms with E-state index in [4.69, 9.17) is 0 Å². The fourth-order valence-corrected chi connectivity index (χ4v) is 2.65. The quantitative estimate of drug-likeness (QED) is 0.843. The Morgan fingerprint density at radius 2 is 2.22 bits per heavy atom. The van der Waals surface area contributed by atoms with E-state index in [1.807, 2.05) is 12.3 Å². The van der Waals surface area contributed by atoms with Gasteiger partial charge in [-0.25, -0.2) is 0 Å². The molecule has 3 heteroatoms. The van der Waals surface area contributed by atoms with Crippen LogP contribution in [0.3, 0.4) is 0 Å². The standard InChI is InChI=1S/C15H19N3/c1-2-5-11-8-9-16-14-10-17-13-7-4-3-6-12(13)15(14)18-11/h3-4,6-7,10-11,16,18H,2,5,8-9H2,1H3. The van der Waals surface area contributed by atoms with Gasteiger partial charge in [0, 0.05) is 18.0 Å². The van der Waals surface area contributed by atoms with Gasteiger partial charge < -0.3 is 10.6 Å². The second-order valence-electron chi connectivity index (χ2n) is 4.91. The van der Waals surface area contributed by atoms with Crippen LogP contribution in [0.25, 0.3) is 10.9 Å². The summed E-state index contributed by atoms with van der Waals surface area (Å²) in [7, 11) is 0. The third kappa shape index (κ3) is 2.01. The van der Waals surface area contributed by atoms with E-state index in [0.717, 1.165) is 24.2 Å². The van der Waals surface area contributed by atoms with Crippen LogP contribution in [-0.4, -0.2) is 17.6 Å². The van der Waals surface area contributed by atoms with Crippen LogP contribution >= 0.6 is 0 Å². The third-order valence-corrected chi connectivity index (χ3v) is 3.57. The Kier molecular flexibility index (Phi) is 3.05. The minimum absolute atomic E-state index is 0.564. The Bertz CT molecular complexity index is 550. The molecule has 1 aliphatic heterocycles. The minimum atomic E-state index is 0.564. The molecule has 1 aromatic heterocycles. The molecule has 18 heavy (non-hydrogen) atoms. The van der Waals surface area contributed by atoms with Gasteiger partial charge >= 0.3 is 0 Å². The van der Waals surface area contributed by atoms with Crippen molar-refractivity contribution in [2.24, 2.45) is 0 Å². The zero-order chi connectivity index (χ0) is 12.4. The van der Waals surface area contributed by atoms with Crippen LogP contribution in [0.4, 0.5) is 11.4 Å². The monoisotopic (exact) mass is 241 g/mol. The van der Waals surface area contributed by atoms with Gasteiger partial charge in [-0.1, -0.05) is 31.5 Å². The van der Waals surface area contributed by atoms with Crippen LogP contribution in [0.5, 0.6) is 0 Å². The van der Waals surface area contributed by atoms with Crippen molar-refractivity contribution < 1.29 is 0 Å². The number of rotatable bonds is 2. The summed E-state index contributed by atoms with van der Waals surface area (Å²) in [6.45, 7) is 3.26. The average Bonchev–Trinajstić information content (AvgIpc) is 2.61. The molecule has 0 radical (unpaired) electrons. The normalized spacial score (nSPS) is 18.6. The highest BCUT2D eigenvalue weighted by molar-refractivity contribution is 5.97. The van der Waals surface area contributed by atoms with E-state index in [1.165, 1.54) is 23.9 Å². The molecule has 94 valence electrons. The number of pyridine rings is 1. The van der Waals surface area contributed by atoms with E-state index in [2.05, 4.69) is 40.7 Å². The molecule has 1 unspecified atom stereocenters. The molecule has 2 aromatic rings.